The van der Waals surface area contributed by atoms with Crippen LogP contribution in [0.2, 0.25) is 0 Å². The third-order valence-corrected chi connectivity index (χ3v) is 6.14. The molecule has 1 atom stereocenters. The zero-order valence-corrected chi connectivity index (χ0v) is 18.0. The summed E-state index contributed by atoms with van der Waals surface area (Å²) in [5, 5.41) is 9.82. The van der Waals surface area contributed by atoms with Gasteiger partial charge in [-0.3, -0.25) is 4.79 Å². The highest BCUT2D eigenvalue weighted by molar-refractivity contribution is 5.96. The minimum atomic E-state index is -0.324. The van der Waals surface area contributed by atoms with Gasteiger partial charge < -0.3 is 20.1 Å². The van der Waals surface area contributed by atoms with Gasteiger partial charge in [0.15, 0.2) is 0 Å². The van der Waals surface area contributed by atoms with Gasteiger partial charge in [0.25, 0.3) is 5.91 Å². The number of likely N-dealkylation sites (tertiary alicyclic amines) is 1. The Hall–Kier alpha value is -3.75. The van der Waals surface area contributed by atoms with E-state index in [4.69, 9.17) is 4.52 Å². The van der Waals surface area contributed by atoms with Crippen LogP contribution in [0.25, 0.3) is 11.4 Å². The number of nitrogens with one attached hydrogen (secondary N) is 2. The minimum absolute atomic E-state index is 0.0568. The van der Waals surface area contributed by atoms with Gasteiger partial charge in [-0.05, 0) is 60.7 Å². The highest BCUT2D eigenvalue weighted by atomic mass is 19.1. The second-order valence-electron chi connectivity index (χ2n) is 8.40. The molecular weight excluding hydrogens is 425 g/mol. The van der Waals surface area contributed by atoms with Crippen molar-refractivity contribution in [1.82, 2.24) is 25.7 Å². The maximum atomic E-state index is 13.2. The first-order chi connectivity index (χ1) is 16.1. The molecule has 3 heterocycles. The van der Waals surface area contributed by atoms with Crippen molar-refractivity contribution in [2.75, 3.05) is 19.6 Å². The fourth-order valence-corrected chi connectivity index (χ4v) is 4.34. The summed E-state index contributed by atoms with van der Waals surface area (Å²) < 4.78 is 18.6. The maximum Gasteiger partial charge on any atom is 0.317 e. The lowest BCUT2D eigenvalue weighted by Crippen LogP contribution is -2.44. The summed E-state index contributed by atoms with van der Waals surface area (Å²) in [4.78, 5) is 31.1. The molecule has 3 amide bonds. The van der Waals surface area contributed by atoms with E-state index in [9.17, 15) is 14.0 Å². The number of fused-ring (bicyclic) bond motifs is 1. The van der Waals surface area contributed by atoms with Crippen LogP contribution in [-0.4, -0.2) is 46.6 Å². The minimum Gasteiger partial charge on any atom is -0.352 e. The summed E-state index contributed by atoms with van der Waals surface area (Å²) in [6, 6.07) is 11.5. The molecule has 3 aromatic rings. The Labute approximate surface area is 190 Å². The van der Waals surface area contributed by atoms with Gasteiger partial charge in [-0.15, -0.1) is 0 Å². The molecular formula is C24H24FN5O3. The number of carbonyl (C=O) groups is 2. The molecule has 2 N–H and O–H groups in total. The molecule has 0 radical (unpaired) electrons. The highest BCUT2D eigenvalue weighted by Gasteiger charge is 2.29. The Morgan fingerprint density at radius 1 is 1.24 bits per heavy atom. The Bertz CT molecular complexity index is 1180. The van der Waals surface area contributed by atoms with Crippen LogP contribution in [0.1, 0.15) is 46.1 Å². The molecule has 0 aliphatic carbocycles. The average molecular weight is 449 g/mol. The standard InChI is InChI=1S/C24H24FN5O3/c25-19-7-5-17(6-8-19)21-28-23(33-29-21)18-2-1-11-30(14-18)24(32)27-13-15-3-4-16-9-10-26-22(31)20(16)12-15/h3-8,12,18H,1-2,9-11,13-14H2,(H,26,31)(H,27,32). The first kappa shape index (κ1) is 21.1. The third kappa shape index (κ3) is 4.57. The van der Waals surface area contributed by atoms with Crippen LogP contribution in [0, 0.1) is 5.82 Å². The molecule has 1 unspecified atom stereocenters. The summed E-state index contributed by atoms with van der Waals surface area (Å²) >= 11 is 0. The van der Waals surface area contributed by atoms with E-state index in [1.807, 2.05) is 18.2 Å². The summed E-state index contributed by atoms with van der Waals surface area (Å²) in [5.74, 6) is 0.437. The van der Waals surface area contributed by atoms with Crippen molar-refractivity contribution < 1.29 is 18.5 Å². The van der Waals surface area contributed by atoms with Crippen molar-refractivity contribution in [2.24, 2.45) is 0 Å². The molecule has 2 aliphatic heterocycles. The first-order valence-corrected chi connectivity index (χ1v) is 11.1. The van der Waals surface area contributed by atoms with E-state index in [1.54, 1.807) is 17.0 Å². The summed E-state index contributed by atoms with van der Waals surface area (Å²) in [7, 11) is 0. The number of carbonyl (C=O) groups excluding carboxylic acids is 2. The van der Waals surface area contributed by atoms with E-state index in [0.717, 1.165) is 30.4 Å². The molecule has 8 nitrogen and oxygen atoms in total. The van der Waals surface area contributed by atoms with E-state index in [1.165, 1.54) is 12.1 Å². The van der Waals surface area contributed by atoms with Gasteiger partial charge in [-0.2, -0.15) is 4.98 Å². The summed E-state index contributed by atoms with van der Waals surface area (Å²) in [6.07, 6.45) is 2.49. The van der Waals surface area contributed by atoms with Crippen molar-refractivity contribution in [3.05, 3.63) is 70.9 Å². The van der Waals surface area contributed by atoms with Gasteiger partial charge in [-0.1, -0.05) is 17.3 Å². The summed E-state index contributed by atoms with van der Waals surface area (Å²) in [5.41, 5.74) is 3.27. The van der Waals surface area contributed by atoms with Crippen LogP contribution in [0.4, 0.5) is 9.18 Å². The van der Waals surface area contributed by atoms with Gasteiger partial charge in [0.05, 0.1) is 5.92 Å². The topological polar surface area (TPSA) is 100 Å². The molecule has 9 heteroatoms. The van der Waals surface area contributed by atoms with Crippen LogP contribution in [0.5, 0.6) is 0 Å². The van der Waals surface area contributed by atoms with Crippen molar-refractivity contribution in [1.29, 1.82) is 0 Å². The van der Waals surface area contributed by atoms with Gasteiger partial charge >= 0.3 is 6.03 Å². The summed E-state index contributed by atoms with van der Waals surface area (Å²) in [6.45, 7) is 2.12. The van der Waals surface area contributed by atoms with Gasteiger partial charge in [0.2, 0.25) is 11.7 Å². The SMILES string of the molecule is O=C1NCCc2ccc(CNC(=O)N3CCCC(c4nc(-c5ccc(F)cc5)no4)C3)cc21. The quantitative estimate of drug-likeness (QED) is 0.637. The Balaban J connectivity index is 1.20. The predicted molar refractivity (Wildman–Crippen MR) is 118 cm³/mol. The fourth-order valence-electron chi connectivity index (χ4n) is 4.34. The van der Waals surface area contributed by atoms with Crippen LogP contribution >= 0.6 is 0 Å². The number of halogens is 1. The molecule has 33 heavy (non-hydrogen) atoms. The molecule has 0 bridgehead atoms. The number of piperidine rings is 1. The largest absolute Gasteiger partial charge is 0.352 e. The number of hydrogen-bond acceptors (Lipinski definition) is 5. The zero-order chi connectivity index (χ0) is 22.8. The Morgan fingerprint density at radius 2 is 2.09 bits per heavy atom. The molecule has 2 aromatic carbocycles. The Morgan fingerprint density at radius 3 is 2.94 bits per heavy atom. The van der Waals surface area contributed by atoms with Crippen molar-refractivity contribution in [2.45, 2.75) is 31.7 Å². The molecule has 2 aliphatic rings. The lowest BCUT2D eigenvalue weighted by atomic mass is 9.97. The van der Waals surface area contributed by atoms with Gasteiger partial charge in [0.1, 0.15) is 5.82 Å². The van der Waals surface area contributed by atoms with Crippen molar-refractivity contribution in [3.63, 3.8) is 0 Å². The average Bonchev–Trinajstić information content (AvgIpc) is 3.34. The van der Waals surface area contributed by atoms with Crippen molar-refractivity contribution in [3.8, 4) is 11.4 Å². The lowest BCUT2D eigenvalue weighted by Gasteiger charge is -2.31. The van der Waals surface area contributed by atoms with E-state index in [2.05, 4.69) is 20.8 Å². The van der Waals surface area contributed by atoms with Crippen LogP contribution in [-0.2, 0) is 13.0 Å². The lowest BCUT2D eigenvalue weighted by molar-refractivity contribution is 0.0946. The molecule has 1 aromatic heterocycles. The number of hydrogen-bond donors (Lipinski definition) is 2. The van der Waals surface area contributed by atoms with Crippen molar-refractivity contribution >= 4 is 11.9 Å². The number of benzene rings is 2. The van der Waals surface area contributed by atoms with E-state index in [0.29, 0.717) is 49.0 Å². The molecule has 5 rings (SSSR count). The molecule has 0 saturated carbocycles. The van der Waals surface area contributed by atoms with Crippen LogP contribution in [0.15, 0.2) is 47.0 Å². The van der Waals surface area contributed by atoms with Crippen LogP contribution < -0.4 is 10.6 Å². The molecule has 170 valence electrons. The number of urea groups is 1. The molecule has 1 saturated heterocycles. The normalized spacial score (nSPS) is 17.9. The van der Waals surface area contributed by atoms with Gasteiger partial charge in [-0.25, -0.2) is 9.18 Å². The van der Waals surface area contributed by atoms with E-state index < -0.39 is 0 Å². The van der Waals surface area contributed by atoms with E-state index in [-0.39, 0.29) is 23.7 Å². The van der Waals surface area contributed by atoms with Gasteiger partial charge in [0, 0.05) is 37.3 Å². The number of aromatic nitrogens is 2. The maximum absolute atomic E-state index is 13.2. The monoisotopic (exact) mass is 449 g/mol. The number of rotatable bonds is 4. The smallest absolute Gasteiger partial charge is 0.317 e. The van der Waals surface area contributed by atoms with Crippen LogP contribution in [0.3, 0.4) is 0 Å². The number of nitrogens with zero attached hydrogens (tertiary/aromatic N) is 3. The fraction of sp³-hybridized carbons (Fsp3) is 0.333. The second-order valence-corrected chi connectivity index (χ2v) is 8.40. The molecule has 1 fully saturated rings. The third-order valence-electron chi connectivity index (χ3n) is 6.14. The predicted octanol–water partition coefficient (Wildman–Crippen LogP) is 3.25. The Kier molecular flexibility index (Phi) is 5.77. The number of amides is 3. The second kappa shape index (κ2) is 9.01. The highest BCUT2D eigenvalue weighted by Crippen LogP contribution is 2.28. The zero-order valence-electron chi connectivity index (χ0n) is 18.0. The first-order valence-electron chi connectivity index (χ1n) is 11.1. The molecule has 0 spiro atoms. The van der Waals surface area contributed by atoms with E-state index >= 15 is 0 Å².